The number of aliphatic hydroxyl groups excluding tert-OH is 1. The molecule has 4 heteroatoms. The smallest absolute Gasteiger partial charge is 0.254 e. The molecule has 104 valence electrons. The summed E-state index contributed by atoms with van der Waals surface area (Å²) >= 11 is 6.06. The minimum atomic E-state index is -0.415. The Bertz CT molecular complexity index is 475. The first kappa shape index (κ1) is 14.4. The van der Waals surface area contributed by atoms with Crippen LogP contribution in [0.1, 0.15) is 41.6 Å². The van der Waals surface area contributed by atoms with E-state index in [2.05, 4.69) is 0 Å². The molecule has 1 N–H and O–H groups in total. The van der Waals surface area contributed by atoms with Crippen LogP contribution < -0.4 is 0 Å². The molecule has 1 amide bonds. The van der Waals surface area contributed by atoms with Crippen molar-refractivity contribution >= 4 is 17.5 Å². The van der Waals surface area contributed by atoms with Crippen LogP contribution in [-0.2, 0) is 0 Å². The molecule has 1 aromatic rings. The molecule has 19 heavy (non-hydrogen) atoms. The van der Waals surface area contributed by atoms with Gasteiger partial charge in [-0.25, -0.2) is 0 Å². The van der Waals surface area contributed by atoms with Gasteiger partial charge in [-0.3, -0.25) is 4.79 Å². The van der Waals surface area contributed by atoms with Crippen LogP contribution in [0.5, 0.6) is 0 Å². The van der Waals surface area contributed by atoms with Gasteiger partial charge in [0.25, 0.3) is 5.91 Å². The van der Waals surface area contributed by atoms with Gasteiger partial charge in [0.1, 0.15) is 0 Å². The molecule has 1 aliphatic rings. The minimum absolute atomic E-state index is 0.0639. The van der Waals surface area contributed by atoms with E-state index < -0.39 is 6.10 Å². The normalized spacial score (nSPS) is 23.2. The molecular weight excluding hydrogens is 262 g/mol. The number of carbonyl (C=O) groups is 1. The SMILES string of the molecule is Cc1c(Cl)cccc1C(=O)N(C)C1CCCCC1O. The van der Waals surface area contributed by atoms with Gasteiger partial charge in [0.15, 0.2) is 0 Å². The summed E-state index contributed by atoms with van der Waals surface area (Å²) < 4.78 is 0. The number of carbonyl (C=O) groups excluding carboxylic acids is 1. The van der Waals surface area contributed by atoms with Crippen LogP contribution in [0.2, 0.25) is 5.02 Å². The maximum atomic E-state index is 12.5. The third kappa shape index (κ3) is 2.93. The van der Waals surface area contributed by atoms with Crippen molar-refractivity contribution in [2.45, 2.75) is 44.8 Å². The molecule has 1 aromatic carbocycles. The van der Waals surface area contributed by atoms with Gasteiger partial charge < -0.3 is 10.0 Å². The first-order chi connectivity index (χ1) is 9.02. The summed E-state index contributed by atoms with van der Waals surface area (Å²) in [5, 5.41) is 10.6. The topological polar surface area (TPSA) is 40.5 Å². The highest BCUT2D eigenvalue weighted by molar-refractivity contribution is 6.31. The molecule has 0 aromatic heterocycles. The molecule has 1 aliphatic carbocycles. The first-order valence-corrected chi connectivity index (χ1v) is 7.10. The van der Waals surface area contributed by atoms with Gasteiger partial charge in [0.2, 0.25) is 0 Å². The van der Waals surface area contributed by atoms with Crippen molar-refractivity contribution < 1.29 is 9.90 Å². The predicted octanol–water partition coefficient (Wildman–Crippen LogP) is 3.02. The van der Waals surface area contributed by atoms with Crippen molar-refractivity contribution in [3.63, 3.8) is 0 Å². The van der Waals surface area contributed by atoms with Gasteiger partial charge in [-0.2, -0.15) is 0 Å². The zero-order chi connectivity index (χ0) is 14.0. The number of halogens is 1. The fourth-order valence-corrected chi connectivity index (χ4v) is 2.90. The lowest BCUT2D eigenvalue weighted by Crippen LogP contribution is -2.46. The average molecular weight is 282 g/mol. The van der Waals surface area contributed by atoms with Crippen molar-refractivity contribution in [1.29, 1.82) is 0 Å². The van der Waals surface area contributed by atoms with E-state index in [1.54, 1.807) is 30.1 Å². The average Bonchev–Trinajstić information content (AvgIpc) is 2.41. The largest absolute Gasteiger partial charge is 0.391 e. The Hall–Kier alpha value is -1.06. The Morgan fingerprint density at radius 2 is 2.05 bits per heavy atom. The van der Waals surface area contributed by atoms with Crippen molar-refractivity contribution in [1.82, 2.24) is 4.90 Å². The highest BCUT2D eigenvalue weighted by Gasteiger charge is 2.30. The second kappa shape index (κ2) is 5.93. The quantitative estimate of drug-likeness (QED) is 0.905. The number of hydrogen-bond acceptors (Lipinski definition) is 2. The number of amides is 1. The van der Waals surface area contributed by atoms with Gasteiger partial charge in [0, 0.05) is 17.6 Å². The summed E-state index contributed by atoms with van der Waals surface area (Å²) in [6, 6.07) is 5.27. The van der Waals surface area contributed by atoms with Crippen molar-refractivity contribution in [3.8, 4) is 0 Å². The van der Waals surface area contributed by atoms with Gasteiger partial charge >= 0.3 is 0 Å². The summed E-state index contributed by atoms with van der Waals surface area (Å²) in [7, 11) is 1.77. The van der Waals surface area contributed by atoms with E-state index in [4.69, 9.17) is 11.6 Å². The number of benzene rings is 1. The van der Waals surface area contributed by atoms with Crippen LogP contribution in [0.25, 0.3) is 0 Å². The molecule has 0 spiro atoms. The zero-order valence-corrected chi connectivity index (χ0v) is 12.2. The Balaban J connectivity index is 2.21. The Morgan fingerprint density at radius 1 is 1.37 bits per heavy atom. The summed E-state index contributed by atoms with van der Waals surface area (Å²) in [4.78, 5) is 14.2. The molecule has 2 rings (SSSR count). The summed E-state index contributed by atoms with van der Waals surface area (Å²) in [5.74, 6) is -0.0639. The van der Waals surface area contributed by atoms with E-state index in [0.29, 0.717) is 10.6 Å². The summed E-state index contributed by atoms with van der Waals surface area (Å²) in [6.45, 7) is 1.85. The summed E-state index contributed by atoms with van der Waals surface area (Å²) in [5.41, 5.74) is 1.42. The lowest BCUT2D eigenvalue weighted by Gasteiger charge is -2.35. The van der Waals surface area contributed by atoms with Crippen molar-refractivity contribution in [2.24, 2.45) is 0 Å². The van der Waals surface area contributed by atoms with Crippen LogP contribution in [0.4, 0.5) is 0 Å². The number of rotatable bonds is 2. The molecule has 2 unspecified atom stereocenters. The van der Waals surface area contributed by atoms with Crippen LogP contribution in [0.3, 0.4) is 0 Å². The maximum Gasteiger partial charge on any atom is 0.254 e. The van der Waals surface area contributed by atoms with E-state index in [-0.39, 0.29) is 11.9 Å². The molecule has 0 radical (unpaired) electrons. The third-order valence-corrected chi connectivity index (χ3v) is 4.42. The van der Waals surface area contributed by atoms with Crippen LogP contribution in [-0.4, -0.2) is 35.1 Å². The highest BCUT2D eigenvalue weighted by Crippen LogP contribution is 2.25. The first-order valence-electron chi connectivity index (χ1n) is 6.72. The molecule has 0 heterocycles. The van der Waals surface area contributed by atoms with E-state index in [1.807, 2.05) is 6.92 Å². The number of nitrogens with zero attached hydrogens (tertiary/aromatic N) is 1. The van der Waals surface area contributed by atoms with E-state index in [0.717, 1.165) is 31.2 Å². The van der Waals surface area contributed by atoms with Crippen molar-refractivity contribution in [2.75, 3.05) is 7.05 Å². The molecule has 0 aliphatic heterocycles. The fourth-order valence-electron chi connectivity index (χ4n) is 2.72. The van der Waals surface area contributed by atoms with Gasteiger partial charge in [-0.15, -0.1) is 0 Å². The molecule has 0 saturated heterocycles. The Kier molecular flexibility index (Phi) is 4.48. The highest BCUT2D eigenvalue weighted by atomic mass is 35.5. The van der Waals surface area contributed by atoms with Crippen molar-refractivity contribution in [3.05, 3.63) is 34.3 Å². The molecule has 1 fully saturated rings. The Morgan fingerprint density at radius 3 is 2.74 bits per heavy atom. The summed E-state index contributed by atoms with van der Waals surface area (Å²) in [6.07, 6.45) is 3.33. The van der Waals surface area contributed by atoms with E-state index >= 15 is 0 Å². The monoisotopic (exact) mass is 281 g/mol. The van der Waals surface area contributed by atoms with Gasteiger partial charge in [0.05, 0.1) is 12.1 Å². The standard InChI is InChI=1S/C15H20ClNO2/c1-10-11(6-5-7-12(10)16)15(19)17(2)13-8-3-4-9-14(13)18/h5-7,13-14,18H,3-4,8-9H2,1-2H3. The van der Waals surface area contributed by atoms with E-state index in [9.17, 15) is 9.90 Å². The maximum absolute atomic E-state index is 12.5. The molecule has 3 nitrogen and oxygen atoms in total. The Labute approximate surface area is 119 Å². The molecule has 2 atom stereocenters. The number of likely N-dealkylation sites (N-methyl/N-ethyl adjacent to an activating group) is 1. The molecule has 1 saturated carbocycles. The van der Waals surface area contributed by atoms with E-state index in [1.165, 1.54) is 0 Å². The fraction of sp³-hybridized carbons (Fsp3) is 0.533. The van der Waals surface area contributed by atoms with Crippen LogP contribution in [0, 0.1) is 6.92 Å². The molecule has 0 bridgehead atoms. The molecular formula is C15H20ClNO2. The van der Waals surface area contributed by atoms with Crippen LogP contribution >= 0.6 is 11.6 Å². The predicted molar refractivity (Wildman–Crippen MR) is 76.5 cm³/mol. The lowest BCUT2D eigenvalue weighted by molar-refractivity contribution is 0.0267. The number of aliphatic hydroxyl groups is 1. The van der Waals surface area contributed by atoms with Gasteiger partial charge in [-0.05, 0) is 37.5 Å². The second-order valence-electron chi connectivity index (χ2n) is 5.25. The number of hydrogen-bond donors (Lipinski definition) is 1. The zero-order valence-electron chi connectivity index (χ0n) is 11.4. The minimum Gasteiger partial charge on any atom is -0.391 e. The van der Waals surface area contributed by atoms with Gasteiger partial charge in [-0.1, -0.05) is 30.5 Å². The van der Waals surface area contributed by atoms with Crippen LogP contribution in [0.15, 0.2) is 18.2 Å². The lowest BCUT2D eigenvalue weighted by atomic mass is 9.91. The third-order valence-electron chi connectivity index (χ3n) is 4.01. The second-order valence-corrected chi connectivity index (χ2v) is 5.65.